The second-order valence-electron chi connectivity index (χ2n) is 4.85. The molecule has 0 radical (unpaired) electrons. The third kappa shape index (κ3) is 2.20. The average molecular weight is 300 g/mol. The maximum Gasteiger partial charge on any atom is 0.167 e. The summed E-state index contributed by atoms with van der Waals surface area (Å²) in [4.78, 5) is 11.5. The molecule has 0 amide bonds. The number of halogens is 1. The van der Waals surface area contributed by atoms with Crippen LogP contribution in [-0.4, -0.2) is 17.8 Å². The van der Waals surface area contributed by atoms with Crippen molar-refractivity contribution in [2.24, 2.45) is 0 Å². The topological polar surface area (TPSA) is 30.7 Å². The molecule has 0 spiro atoms. The number of carbonyl (C=O) groups excluding carboxylic acids is 1. The Kier molecular flexibility index (Phi) is 3.43. The van der Waals surface area contributed by atoms with E-state index in [-0.39, 0.29) is 0 Å². The molecular weight excluding hydrogens is 286 g/mol. The quantitative estimate of drug-likeness (QED) is 0.672. The highest BCUT2D eigenvalue weighted by atomic mass is 35.5. The summed E-state index contributed by atoms with van der Waals surface area (Å²) in [5.41, 5.74) is 4.35. The third-order valence-corrected chi connectivity index (χ3v) is 3.95. The normalized spacial score (nSPS) is 10.8. The smallest absolute Gasteiger partial charge is 0.167 e. The number of aryl methyl sites for hydroxylation is 1. The number of hydrogen-bond donors (Lipinski definition) is 0. The summed E-state index contributed by atoms with van der Waals surface area (Å²) < 4.78 is 7.05. The molecule has 3 aromatic rings. The van der Waals surface area contributed by atoms with Crippen LogP contribution in [0.1, 0.15) is 16.1 Å². The van der Waals surface area contributed by atoms with Crippen molar-refractivity contribution in [1.29, 1.82) is 0 Å². The Morgan fingerprint density at radius 3 is 2.67 bits per heavy atom. The number of ether oxygens (including phenoxy) is 1. The number of pyridine rings is 1. The molecule has 4 heteroatoms. The number of hydrogen-bond acceptors (Lipinski definition) is 2. The summed E-state index contributed by atoms with van der Waals surface area (Å²) in [5, 5.41) is 0.561. The molecule has 0 aliphatic carbocycles. The van der Waals surface area contributed by atoms with E-state index >= 15 is 0 Å². The first kappa shape index (κ1) is 13.7. The van der Waals surface area contributed by atoms with Crippen molar-refractivity contribution in [2.45, 2.75) is 6.92 Å². The van der Waals surface area contributed by atoms with Gasteiger partial charge < -0.3 is 9.14 Å². The van der Waals surface area contributed by atoms with E-state index in [9.17, 15) is 4.79 Å². The molecule has 1 aromatic carbocycles. The number of benzene rings is 1. The Bertz CT molecular complexity index is 836. The second-order valence-corrected chi connectivity index (χ2v) is 5.26. The average Bonchev–Trinajstić information content (AvgIpc) is 2.86. The summed E-state index contributed by atoms with van der Waals surface area (Å²) in [5.74, 6) is 0.691. The first-order valence-electron chi connectivity index (χ1n) is 6.55. The summed E-state index contributed by atoms with van der Waals surface area (Å²) >= 11 is 6.33. The molecule has 21 heavy (non-hydrogen) atoms. The molecule has 0 N–H and O–H groups in total. The number of fused-ring (bicyclic) bond motifs is 1. The molecule has 0 aliphatic heterocycles. The van der Waals surface area contributed by atoms with E-state index in [1.165, 1.54) is 0 Å². The van der Waals surface area contributed by atoms with Crippen LogP contribution in [0.2, 0.25) is 5.02 Å². The van der Waals surface area contributed by atoms with Crippen LogP contribution in [0.5, 0.6) is 5.75 Å². The van der Waals surface area contributed by atoms with Crippen LogP contribution in [0.3, 0.4) is 0 Å². The van der Waals surface area contributed by atoms with Crippen molar-refractivity contribution in [1.82, 2.24) is 4.40 Å². The number of carbonyl (C=O) groups is 1. The predicted molar refractivity (Wildman–Crippen MR) is 84.5 cm³/mol. The number of aromatic nitrogens is 1. The maximum absolute atomic E-state index is 11.5. The van der Waals surface area contributed by atoms with Gasteiger partial charge in [0.15, 0.2) is 6.29 Å². The minimum atomic E-state index is 0.561. The van der Waals surface area contributed by atoms with Gasteiger partial charge in [0.2, 0.25) is 0 Å². The van der Waals surface area contributed by atoms with Gasteiger partial charge in [0.1, 0.15) is 5.75 Å². The van der Waals surface area contributed by atoms with Crippen LogP contribution < -0.4 is 4.74 Å². The molecule has 2 aromatic heterocycles. The largest absolute Gasteiger partial charge is 0.497 e. The first-order chi connectivity index (χ1) is 10.2. The highest BCUT2D eigenvalue weighted by Gasteiger charge is 2.15. The Hall–Kier alpha value is -2.26. The lowest BCUT2D eigenvalue weighted by Crippen LogP contribution is -1.93. The lowest BCUT2D eigenvalue weighted by molar-refractivity contribution is 0.111. The molecule has 2 heterocycles. The number of methoxy groups -OCH3 is 1. The molecular formula is C17H14ClNO2. The van der Waals surface area contributed by atoms with Crippen LogP contribution in [0.4, 0.5) is 0 Å². The molecule has 106 valence electrons. The third-order valence-electron chi connectivity index (χ3n) is 3.64. The highest BCUT2D eigenvalue weighted by Crippen LogP contribution is 2.35. The summed E-state index contributed by atoms with van der Waals surface area (Å²) in [6.07, 6.45) is 2.75. The molecule has 3 rings (SSSR count). The fraction of sp³-hybridized carbons (Fsp3) is 0.118. The van der Waals surface area contributed by atoms with E-state index in [2.05, 4.69) is 0 Å². The number of rotatable bonds is 3. The lowest BCUT2D eigenvalue weighted by Gasteiger charge is -2.06. The van der Waals surface area contributed by atoms with Crippen LogP contribution >= 0.6 is 11.6 Å². The van der Waals surface area contributed by atoms with Gasteiger partial charge in [-0.15, -0.1) is 0 Å². The molecule has 0 unspecified atom stereocenters. The summed E-state index contributed by atoms with van der Waals surface area (Å²) in [6, 6.07) is 11.4. The van der Waals surface area contributed by atoms with Crippen LogP contribution in [0.15, 0.2) is 42.6 Å². The Balaban J connectivity index is 2.30. The van der Waals surface area contributed by atoms with E-state index in [0.717, 1.165) is 28.5 Å². The fourth-order valence-corrected chi connectivity index (χ4v) is 2.81. The Labute approximate surface area is 127 Å². The first-order valence-corrected chi connectivity index (χ1v) is 6.93. The molecule has 0 bridgehead atoms. The fourth-order valence-electron chi connectivity index (χ4n) is 2.54. The van der Waals surface area contributed by atoms with Crippen molar-refractivity contribution in [3.63, 3.8) is 0 Å². The molecule has 0 saturated carbocycles. The van der Waals surface area contributed by atoms with Crippen LogP contribution in [-0.2, 0) is 0 Å². The summed E-state index contributed by atoms with van der Waals surface area (Å²) in [6.45, 7) is 2.02. The zero-order valence-electron chi connectivity index (χ0n) is 11.8. The molecule has 3 nitrogen and oxygen atoms in total. The highest BCUT2D eigenvalue weighted by molar-refractivity contribution is 6.33. The standard InChI is InChI=1S/C17H14ClNO2/c1-11-4-3-7-19-16(11)9-14(17(19)10-20)13-6-5-12(21-2)8-15(13)18/h3-10H,1-2H3. The van der Waals surface area contributed by atoms with Crippen molar-refractivity contribution in [2.75, 3.05) is 7.11 Å². The van der Waals surface area contributed by atoms with Gasteiger partial charge in [-0.05, 0) is 42.8 Å². The van der Waals surface area contributed by atoms with Gasteiger partial charge >= 0.3 is 0 Å². The number of aldehydes is 1. The minimum Gasteiger partial charge on any atom is -0.497 e. The molecule has 0 fully saturated rings. The van der Waals surface area contributed by atoms with E-state index in [1.807, 2.05) is 47.9 Å². The van der Waals surface area contributed by atoms with E-state index in [0.29, 0.717) is 16.5 Å². The SMILES string of the molecule is COc1ccc(-c2cc3c(C)cccn3c2C=O)c(Cl)c1. The van der Waals surface area contributed by atoms with Crippen LogP contribution in [0.25, 0.3) is 16.6 Å². The van der Waals surface area contributed by atoms with E-state index in [4.69, 9.17) is 16.3 Å². The predicted octanol–water partition coefficient (Wildman–Crippen LogP) is 4.39. The Morgan fingerprint density at radius 2 is 2.00 bits per heavy atom. The van der Waals surface area contributed by atoms with Crippen molar-refractivity contribution in [3.8, 4) is 16.9 Å². The monoisotopic (exact) mass is 299 g/mol. The second kappa shape index (κ2) is 5.26. The Morgan fingerprint density at radius 1 is 1.19 bits per heavy atom. The zero-order valence-corrected chi connectivity index (χ0v) is 12.5. The van der Waals surface area contributed by atoms with Crippen molar-refractivity contribution < 1.29 is 9.53 Å². The van der Waals surface area contributed by atoms with Gasteiger partial charge in [-0.1, -0.05) is 17.7 Å². The van der Waals surface area contributed by atoms with Gasteiger partial charge in [0.05, 0.1) is 17.8 Å². The van der Waals surface area contributed by atoms with Crippen LogP contribution in [0, 0.1) is 6.92 Å². The summed E-state index contributed by atoms with van der Waals surface area (Å²) in [7, 11) is 1.60. The van der Waals surface area contributed by atoms with Crippen molar-refractivity contribution in [3.05, 3.63) is 58.9 Å². The van der Waals surface area contributed by atoms with Gasteiger partial charge in [-0.2, -0.15) is 0 Å². The maximum atomic E-state index is 11.5. The molecule has 0 atom stereocenters. The van der Waals surface area contributed by atoms with Gasteiger partial charge in [0, 0.05) is 22.8 Å². The van der Waals surface area contributed by atoms with Gasteiger partial charge in [0.25, 0.3) is 0 Å². The lowest BCUT2D eigenvalue weighted by atomic mass is 10.1. The van der Waals surface area contributed by atoms with Crippen molar-refractivity contribution >= 4 is 23.4 Å². The van der Waals surface area contributed by atoms with E-state index < -0.39 is 0 Å². The zero-order chi connectivity index (χ0) is 15.0. The van der Waals surface area contributed by atoms with Gasteiger partial charge in [-0.25, -0.2) is 0 Å². The number of nitrogens with zero attached hydrogens (tertiary/aromatic N) is 1. The van der Waals surface area contributed by atoms with Gasteiger partial charge in [-0.3, -0.25) is 4.79 Å². The minimum absolute atomic E-state index is 0.561. The molecule has 0 saturated heterocycles. The molecule has 0 aliphatic rings. The van der Waals surface area contributed by atoms with E-state index in [1.54, 1.807) is 13.2 Å².